The Kier molecular flexibility index (Phi) is 4.04. The fourth-order valence-electron chi connectivity index (χ4n) is 1.93. The number of furan rings is 1. The number of hydrogen-bond acceptors (Lipinski definition) is 4. The summed E-state index contributed by atoms with van der Waals surface area (Å²) in [5.74, 6) is -0.0904. The van der Waals surface area contributed by atoms with E-state index in [0.717, 1.165) is 13.1 Å². The summed E-state index contributed by atoms with van der Waals surface area (Å²) in [5.41, 5.74) is 0.419. The standard InChI is InChI=1S/C11H15ClN2O3/c12-10-9(1-8-17-10)11(16)14-4-2-13(3-5-14)6-7-15/h1,8,15H,2-7H2. The molecule has 2 rings (SSSR count). The van der Waals surface area contributed by atoms with Gasteiger partial charge >= 0.3 is 0 Å². The summed E-state index contributed by atoms with van der Waals surface area (Å²) in [6.45, 7) is 3.68. The summed E-state index contributed by atoms with van der Waals surface area (Å²) in [6, 6.07) is 1.59. The molecule has 1 aromatic heterocycles. The monoisotopic (exact) mass is 258 g/mol. The predicted octanol–water partition coefficient (Wildman–Crippen LogP) is 0.683. The number of carbonyl (C=O) groups is 1. The number of aliphatic hydroxyl groups excluding tert-OH is 1. The molecule has 0 aromatic carbocycles. The van der Waals surface area contributed by atoms with Gasteiger partial charge in [-0.2, -0.15) is 0 Å². The third kappa shape index (κ3) is 2.80. The van der Waals surface area contributed by atoms with Crippen molar-refractivity contribution in [2.75, 3.05) is 39.3 Å². The van der Waals surface area contributed by atoms with Gasteiger partial charge in [0.25, 0.3) is 5.91 Å². The molecule has 17 heavy (non-hydrogen) atoms. The Morgan fingerprint density at radius 1 is 1.41 bits per heavy atom. The molecule has 1 fully saturated rings. The minimum absolute atomic E-state index is 0.0904. The van der Waals surface area contributed by atoms with Crippen LogP contribution in [0.15, 0.2) is 16.7 Å². The molecule has 2 heterocycles. The molecule has 0 spiro atoms. The molecule has 0 radical (unpaired) electrons. The van der Waals surface area contributed by atoms with Crippen molar-refractivity contribution in [2.24, 2.45) is 0 Å². The number of halogens is 1. The average Bonchev–Trinajstić information content (AvgIpc) is 2.76. The Balaban J connectivity index is 1.93. The fraction of sp³-hybridized carbons (Fsp3) is 0.545. The first kappa shape index (κ1) is 12.4. The maximum Gasteiger partial charge on any atom is 0.258 e. The van der Waals surface area contributed by atoms with Crippen LogP contribution in [0.1, 0.15) is 10.4 Å². The summed E-state index contributed by atoms with van der Waals surface area (Å²) >= 11 is 5.77. The third-order valence-corrected chi connectivity index (χ3v) is 3.22. The van der Waals surface area contributed by atoms with Gasteiger partial charge in [0.1, 0.15) is 0 Å². The summed E-state index contributed by atoms with van der Waals surface area (Å²) in [5, 5.41) is 8.97. The Morgan fingerprint density at radius 2 is 2.12 bits per heavy atom. The Morgan fingerprint density at radius 3 is 2.65 bits per heavy atom. The van der Waals surface area contributed by atoms with E-state index in [1.165, 1.54) is 6.26 Å². The first-order valence-electron chi connectivity index (χ1n) is 5.58. The highest BCUT2D eigenvalue weighted by Gasteiger charge is 2.24. The minimum Gasteiger partial charge on any atom is -0.452 e. The second-order valence-corrected chi connectivity index (χ2v) is 4.31. The normalized spacial score (nSPS) is 17.4. The molecule has 1 amide bonds. The molecule has 94 valence electrons. The van der Waals surface area contributed by atoms with Crippen molar-refractivity contribution in [3.8, 4) is 0 Å². The SMILES string of the molecule is O=C(c1ccoc1Cl)N1CCN(CCO)CC1. The Labute approximate surface area is 105 Å². The van der Waals surface area contributed by atoms with Crippen LogP contribution in [0.3, 0.4) is 0 Å². The maximum absolute atomic E-state index is 12.1. The van der Waals surface area contributed by atoms with E-state index in [1.54, 1.807) is 11.0 Å². The zero-order valence-corrected chi connectivity index (χ0v) is 10.2. The van der Waals surface area contributed by atoms with E-state index in [9.17, 15) is 4.79 Å². The fourth-order valence-corrected chi connectivity index (χ4v) is 2.13. The summed E-state index contributed by atoms with van der Waals surface area (Å²) < 4.78 is 4.91. The highest BCUT2D eigenvalue weighted by Crippen LogP contribution is 2.19. The van der Waals surface area contributed by atoms with E-state index in [2.05, 4.69) is 4.90 Å². The molecular weight excluding hydrogens is 244 g/mol. The molecule has 0 bridgehead atoms. The van der Waals surface area contributed by atoms with Crippen molar-refractivity contribution in [3.63, 3.8) is 0 Å². The molecule has 0 unspecified atom stereocenters. The lowest BCUT2D eigenvalue weighted by Gasteiger charge is -2.34. The maximum atomic E-state index is 12.1. The van der Waals surface area contributed by atoms with Crippen LogP contribution < -0.4 is 0 Å². The average molecular weight is 259 g/mol. The van der Waals surface area contributed by atoms with Crippen molar-refractivity contribution >= 4 is 17.5 Å². The van der Waals surface area contributed by atoms with Gasteiger partial charge in [-0.25, -0.2) is 0 Å². The highest BCUT2D eigenvalue weighted by atomic mass is 35.5. The van der Waals surface area contributed by atoms with E-state index in [0.29, 0.717) is 25.2 Å². The predicted molar refractivity (Wildman–Crippen MR) is 63.1 cm³/mol. The molecule has 5 nitrogen and oxygen atoms in total. The van der Waals surface area contributed by atoms with Crippen LogP contribution in [0.5, 0.6) is 0 Å². The highest BCUT2D eigenvalue weighted by molar-refractivity contribution is 6.32. The largest absolute Gasteiger partial charge is 0.452 e. The molecule has 0 aliphatic carbocycles. The van der Waals surface area contributed by atoms with Crippen molar-refractivity contribution in [1.82, 2.24) is 9.80 Å². The van der Waals surface area contributed by atoms with E-state index < -0.39 is 0 Å². The van der Waals surface area contributed by atoms with Gasteiger partial charge < -0.3 is 14.4 Å². The van der Waals surface area contributed by atoms with Crippen LogP contribution in [-0.4, -0.2) is 60.1 Å². The number of hydrogen-bond donors (Lipinski definition) is 1. The molecule has 1 aliphatic heterocycles. The molecular formula is C11H15ClN2O3. The number of amides is 1. The lowest BCUT2D eigenvalue weighted by molar-refractivity contribution is 0.0614. The van der Waals surface area contributed by atoms with Crippen LogP contribution in [0.2, 0.25) is 5.22 Å². The van der Waals surface area contributed by atoms with E-state index in [-0.39, 0.29) is 17.7 Å². The Bertz CT molecular complexity index is 386. The van der Waals surface area contributed by atoms with Crippen molar-refractivity contribution < 1.29 is 14.3 Å². The van der Waals surface area contributed by atoms with Gasteiger partial charge in [0.2, 0.25) is 5.22 Å². The van der Waals surface area contributed by atoms with Gasteiger partial charge in [0.05, 0.1) is 18.4 Å². The molecule has 0 atom stereocenters. The quantitative estimate of drug-likeness (QED) is 0.867. The van der Waals surface area contributed by atoms with Crippen LogP contribution in [0.4, 0.5) is 0 Å². The van der Waals surface area contributed by atoms with Gasteiger partial charge in [-0.1, -0.05) is 0 Å². The zero-order valence-electron chi connectivity index (χ0n) is 9.43. The number of carbonyl (C=O) groups excluding carboxylic acids is 1. The van der Waals surface area contributed by atoms with Crippen molar-refractivity contribution in [1.29, 1.82) is 0 Å². The van der Waals surface area contributed by atoms with Crippen molar-refractivity contribution in [3.05, 3.63) is 23.1 Å². The van der Waals surface area contributed by atoms with Gasteiger partial charge in [0.15, 0.2) is 0 Å². The van der Waals surface area contributed by atoms with Gasteiger partial charge in [0, 0.05) is 32.7 Å². The molecule has 1 aliphatic rings. The van der Waals surface area contributed by atoms with Gasteiger partial charge in [-0.05, 0) is 17.7 Å². The molecule has 6 heteroatoms. The van der Waals surface area contributed by atoms with Gasteiger partial charge in [-0.3, -0.25) is 9.69 Å². The molecule has 0 saturated carbocycles. The topological polar surface area (TPSA) is 56.9 Å². The number of piperazine rings is 1. The summed E-state index contributed by atoms with van der Waals surface area (Å²) in [4.78, 5) is 15.9. The second-order valence-electron chi connectivity index (χ2n) is 3.97. The zero-order chi connectivity index (χ0) is 12.3. The van der Waals surface area contributed by atoms with Crippen LogP contribution >= 0.6 is 11.6 Å². The minimum atomic E-state index is -0.0904. The Hall–Kier alpha value is -1.04. The van der Waals surface area contributed by atoms with Crippen LogP contribution in [-0.2, 0) is 0 Å². The molecule has 1 N–H and O–H groups in total. The van der Waals surface area contributed by atoms with E-state index in [1.807, 2.05) is 0 Å². The smallest absolute Gasteiger partial charge is 0.258 e. The third-order valence-electron chi connectivity index (χ3n) is 2.92. The first-order valence-corrected chi connectivity index (χ1v) is 5.95. The summed E-state index contributed by atoms with van der Waals surface area (Å²) in [6.07, 6.45) is 1.41. The lowest BCUT2D eigenvalue weighted by Crippen LogP contribution is -2.49. The number of nitrogens with zero attached hydrogens (tertiary/aromatic N) is 2. The van der Waals surface area contributed by atoms with Crippen LogP contribution in [0, 0.1) is 0 Å². The van der Waals surface area contributed by atoms with Gasteiger partial charge in [-0.15, -0.1) is 0 Å². The van der Waals surface area contributed by atoms with Crippen LogP contribution in [0.25, 0.3) is 0 Å². The van der Waals surface area contributed by atoms with E-state index >= 15 is 0 Å². The first-order chi connectivity index (χ1) is 8.22. The molecule has 1 aromatic rings. The van der Waals surface area contributed by atoms with Crippen molar-refractivity contribution in [2.45, 2.75) is 0 Å². The second kappa shape index (κ2) is 5.53. The number of rotatable bonds is 3. The summed E-state index contributed by atoms with van der Waals surface area (Å²) in [7, 11) is 0. The number of aliphatic hydroxyl groups is 1. The number of β-amino-alcohol motifs (C(OH)–C–C–N with tert-alkyl or cyclic N) is 1. The van der Waals surface area contributed by atoms with E-state index in [4.69, 9.17) is 21.1 Å². The molecule has 1 saturated heterocycles. The lowest BCUT2D eigenvalue weighted by atomic mass is 10.2.